The SMILES string of the molecule is O=C(NCCCl)N[C@@H]1CCc2ccccc21. The lowest BCUT2D eigenvalue weighted by molar-refractivity contribution is 0.237. The van der Waals surface area contributed by atoms with Crippen LogP contribution >= 0.6 is 11.6 Å². The van der Waals surface area contributed by atoms with Crippen LogP contribution < -0.4 is 10.6 Å². The molecule has 3 nitrogen and oxygen atoms in total. The molecule has 2 amide bonds. The largest absolute Gasteiger partial charge is 0.337 e. The first-order chi connectivity index (χ1) is 7.81. The number of alkyl halides is 1. The topological polar surface area (TPSA) is 41.1 Å². The Bertz CT molecular complexity index is 381. The standard InChI is InChI=1S/C12H15ClN2O/c13-7-8-14-12(16)15-11-6-5-9-3-1-2-4-10(9)11/h1-4,11H,5-8H2,(H2,14,15,16)/t11-/m1/s1. The summed E-state index contributed by atoms with van der Waals surface area (Å²) in [6, 6.07) is 8.25. The van der Waals surface area contributed by atoms with Gasteiger partial charge in [0.1, 0.15) is 0 Å². The minimum atomic E-state index is -0.137. The number of rotatable bonds is 3. The number of carbonyl (C=O) groups is 1. The summed E-state index contributed by atoms with van der Waals surface area (Å²) in [6.07, 6.45) is 2.02. The summed E-state index contributed by atoms with van der Waals surface area (Å²) in [7, 11) is 0. The van der Waals surface area contributed by atoms with Crippen molar-refractivity contribution < 1.29 is 4.79 Å². The Hall–Kier alpha value is -1.22. The van der Waals surface area contributed by atoms with Gasteiger partial charge in [0.25, 0.3) is 0 Å². The zero-order valence-corrected chi connectivity index (χ0v) is 9.76. The number of halogens is 1. The van der Waals surface area contributed by atoms with Gasteiger partial charge < -0.3 is 10.6 Å². The monoisotopic (exact) mass is 238 g/mol. The highest BCUT2D eigenvalue weighted by Crippen LogP contribution is 2.30. The fourth-order valence-corrected chi connectivity index (χ4v) is 2.17. The number of carbonyl (C=O) groups excluding carboxylic acids is 1. The van der Waals surface area contributed by atoms with Gasteiger partial charge in [-0.15, -0.1) is 11.6 Å². The molecular formula is C12H15ClN2O. The fourth-order valence-electron chi connectivity index (χ4n) is 2.08. The molecule has 1 aliphatic rings. The smallest absolute Gasteiger partial charge is 0.315 e. The molecule has 0 saturated carbocycles. The van der Waals surface area contributed by atoms with E-state index in [1.807, 2.05) is 12.1 Å². The average Bonchev–Trinajstić information content (AvgIpc) is 2.70. The predicted molar refractivity (Wildman–Crippen MR) is 64.8 cm³/mol. The number of fused-ring (bicyclic) bond motifs is 1. The summed E-state index contributed by atoms with van der Waals surface area (Å²) in [5.41, 5.74) is 2.58. The molecule has 0 unspecified atom stereocenters. The number of hydrogen-bond acceptors (Lipinski definition) is 1. The molecule has 0 fully saturated rings. The van der Waals surface area contributed by atoms with Crippen molar-refractivity contribution in [2.45, 2.75) is 18.9 Å². The predicted octanol–water partition coefficient (Wildman–Crippen LogP) is 2.21. The fraction of sp³-hybridized carbons (Fsp3) is 0.417. The maximum absolute atomic E-state index is 11.5. The van der Waals surface area contributed by atoms with E-state index in [4.69, 9.17) is 11.6 Å². The van der Waals surface area contributed by atoms with Gasteiger partial charge in [-0.2, -0.15) is 0 Å². The number of nitrogens with one attached hydrogen (secondary N) is 2. The second-order valence-electron chi connectivity index (χ2n) is 3.88. The Morgan fingerprint density at radius 3 is 3.06 bits per heavy atom. The number of benzene rings is 1. The molecule has 4 heteroatoms. The first-order valence-electron chi connectivity index (χ1n) is 5.49. The van der Waals surface area contributed by atoms with E-state index in [1.54, 1.807) is 0 Å². The van der Waals surface area contributed by atoms with E-state index < -0.39 is 0 Å². The van der Waals surface area contributed by atoms with E-state index in [-0.39, 0.29) is 12.1 Å². The quantitative estimate of drug-likeness (QED) is 0.779. The second kappa shape index (κ2) is 5.21. The Balaban J connectivity index is 1.95. The molecule has 0 heterocycles. The first kappa shape index (κ1) is 11.3. The third kappa shape index (κ3) is 2.47. The van der Waals surface area contributed by atoms with Crippen molar-refractivity contribution in [1.82, 2.24) is 10.6 Å². The number of aryl methyl sites for hydroxylation is 1. The normalized spacial score (nSPS) is 17.9. The van der Waals surface area contributed by atoms with Crippen molar-refractivity contribution >= 4 is 17.6 Å². The number of hydrogen-bond donors (Lipinski definition) is 2. The molecule has 1 atom stereocenters. The lowest BCUT2D eigenvalue weighted by Crippen LogP contribution is -2.38. The van der Waals surface area contributed by atoms with E-state index in [2.05, 4.69) is 22.8 Å². The van der Waals surface area contributed by atoms with Crippen molar-refractivity contribution in [3.8, 4) is 0 Å². The molecule has 16 heavy (non-hydrogen) atoms. The van der Waals surface area contributed by atoms with E-state index in [0.717, 1.165) is 12.8 Å². The van der Waals surface area contributed by atoms with Crippen molar-refractivity contribution in [3.05, 3.63) is 35.4 Å². The van der Waals surface area contributed by atoms with E-state index >= 15 is 0 Å². The van der Waals surface area contributed by atoms with Gasteiger partial charge in [-0.05, 0) is 24.0 Å². The summed E-state index contributed by atoms with van der Waals surface area (Å²) < 4.78 is 0. The maximum atomic E-state index is 11.5. The van der Waals surface area contributed by atoms with Crippen molar-refractivity contribution in [3.63, 3.8) is 0 Å². The molecule has 0 radical (unpaired) electrons. The summed E-state index contributed by atoms with van der Waals surface area (Å²) in [4.78, 5) is 11.5. The Morgan fingerprint density at radius 1 is 1.44 bits per heavy atom. The lowest BCUT2D eigenvalue weighted by atomic mass is 10.1. The Morgan fingerprint density at radius 2 is 2.25 bits per heavy atom. The summed E-state index contributed by atoms with van der Waals surface area (Å²) >= 11 is 5.50. The molecule has 2 N–H and O–H groups in total. The highest BCUT2D eigenvalue weighted by Gasteiger charge is 2.22. The molecule has 0 spiro atoms. The van der Waals surface area contributed by atoms with Gasteiger partial charge in [0.15, 0.2) is 0 Å². The maximum Gasteiger partial charge on any atom is 0.315 e. The van der Waals surface area contributed by atoms with Crippen molar-refractivity contribution in [1.29, 1.82) is 0 Å². The van der Waals surface area contributed by atoms with Crippen LogP contribution in [0.5, 0.6) is 0 Å². The first-order valence-corrected chi connectivity index (χ1v) is 6.03. The van der Waals surface area contributed by atoms with Crippen LogP contribution in [0.25, 0.3) is 0 Å². The van der Waals surface area contributed by atoms with Gasteiger partial charge in [0.05, 0.1) is 6.04 Å². The molecule has 0 aliphatic heterocycles. The van der Waals surface area contributed by atoms with Crippen LogP contribution in [0.15, 0.2) is 24.3 Å². The van der Waals surface area contributed by atoms with Gasteiger partial charge in [-0.3, -0.25) is 0 Å². The van der Waals surface area contributed by atoms with E-state index in [0.29, 0.717) is 12.4 Å². The van der Waals surface area contributed by atoms with Crippen molar-refractivity contribution in [2.75, 3.05) is 12.4 Å². The second-order valence-corrected chi connectivity index (χ2v) is 4.26. The minimum absolute atomic E-state index is 0.137. The number of amides is 2. The molecular weight excluding hydrogens is 224 g/mol. The third-order valence-corrected chi connectivity index (χ3v) is 3.01. The summed E-state index contributed by atoms with van der Waals surface area (Å²) in [6.45, 7) is 0.502. The third-order valence-electron chi connectivity index (χ3n) is 2.82. The lowest BCUT2D eigenvalue weighted by Gasteiger charge is -2.14. The average molecular weight is 239 g/mol. The van der Waals surface area contributed by atoms with Gasteiger partial charge in [0, 0.05) is 12.4 Å². The molecule has 1 aromatic rings. The van der Waals surface area contributed by atoms with Crippen LogP contribution in [0.2, 0.25) is 0 Å². The summed E-state index contributed by atoms with van der Waals surface area (Å²) in [5.74, 6) is 0.439. The van der Waals surface area contributed by atoms with Gasteiger partial charge >= 0.3 is 6.03 Å². The molecule has 1 aliphatic carbocycles. The van der Waals surface area contributed by atoms with Crippen LogP contribution in [0, 0.1) is 0 Å². The molecule has 86 valence electrons. The summed E-state index contributed by atoms with van der Waals surface area (Å²) in [5, 5.41) is 5.67. The van der Waals surface area contributed by atoms with Crippen LogP contribution in [0.3, 0.4) is 0 Å². The Labute approximate surface area is 100 Å². The van der Waals surface area contributed by atoms with Gasteiger partial charge in [-0.1, -0.05) is 24.3 Å². The van der Waals surface area contributed by atoms with Crippen LogP contribution in [-0.2, 0) is 6.42 Å². The molecule has 0 bridgehead atoms. The highest BCUT2D eigenvalue weighted by molar-refractivity contribution is 6.18. The molecule has 1 aromatic carbocycles. The van der Waals surface area contributed by atoms with Crippen LogP contribution in [0.1, 0.15) is 23.6 Å². The number of urea groups is 1. The van der Waals surface area contributed by atoms with E-state index in [1.165, 1.54) is 11.1 Å². The zero-order chi connectivity index (χ0) is 11.4. The van der Waals surface area contributed by atoms with Gasteiger partial charge in [0.2, 0.25) is 0 Å². The minimum Gasteiger partial charge on any atom is -0.337 e. The molecule has 0 aromatic heterocycles. The van der Waals surface area contributed by atoms with E-state index in [9.17, 15) is 4.79 Å². The molecule has 2 rings (SSSR count). The highest BCUT2D eigenvalue weighted by atomic mass is 35.5. The Kier molecular flexibility index (Phi) is 3.67. The zero-order valence-electron chi connectivity index (χ0n) is 9.00. The van der Waals surface area contributed by atoms with Crippen LogP contribution in [-0.4, -0.2) is 18.5 Å². The molecule has 0 saturated heterocycles. The van der Waals surface area contributed by atoms with Gasteiger partial charge in [-0.25, -0.2) is 4.79 Å². The van der Waals surface area contributed by atoms with Crippen molar-refractivity contribution in [2.24, 2.45) is 0 Å². The van der Waals surface area contributed by atoms with Crippen LogP contribution in [0.4, 0.5) is 4.79 Å².